The molecule has 0 radical (unpaired) electrons. The molecule has 100 valence electrons. The molecule has 0 heterocycles. The Morgan fingerprint density at radius 2 is 2.00 bits per heavy atom. The molecule has 0 saturated carbocycles. The van der Waals surface area contributed by atoms with Gasteiger partial charge in [0.05, 0.1) is 13.2 Å². The highest BCUT2D eigenvalue weighted by molar-refractivity contribution is 5.81. The zero-order valence-electron chi connectivity index (χ0n) is 11.5. The number of carbonyl (C=O) groups excluding carboxylic acids is 1. The number of methoxy groups -OCH3 is 1. The van der Waals surface area contributed by atoms with E-state index in [9.17, 15) is 4.79 Å². The van der Waals surface area contributed by atoms with E-state index in [1.807, 2.05) is 38.1 Å². The van der Waals surface area contributed by atoms with Gasteiger partial charge in [-0.05, 0) is 12.0 Å². The van der Waals surface area contributed by atoms with Gasteiger partial charge in [0, 0.05) is 19.2 Å². The van der Waals surface area contributed by atoms with Crippen LogP contribution in [-0.2, 0) is 11.3 Å². The van der Waals surface area contributed by atoms with Crippen LogP contribution in [0.4, 0.5) is 0 Å². The van der Waals surface area contributed by atoms with E-state index in [1.165, 1.54) is 0 Å². The number of para-hydroxylation sites is 1. The third kappa shape index (κ3) is 3.47. The molecular weight excluding hydrogens is 228 g/mol. The van der Waals surface area contributed by atoms with Crippen molar-refractivity contribution in [2.75, 3.05) is 14.2 Å². The molecule has 0 aromatic heterocycles. The molecule has 0 bridgehead atoms. The zero-order chi connectivity index (χ0) is 13.7. The maximum Gasteiger partial charge on any atom is 0.239 e. The highest BCUT2D eigenvalue weighted by Crippen LogP contribution is 2.19. The Kier molecular flexibility index (Phi) is 5.16. The first-order valence-corrected chi connectivity index (χ1v) is 6.09. The number of benzene rings is 1. The molecule has 0 fully saturated rings. The topological polar surface area (TPSA) is 55.6 Å². The molecule has 0 saturated heterocycles. The largest absolute Gasteiger partial charge is 0.496 e. The fourth-order valence-electron chi connectivity index (χ4n) is 1.71. The maximum atomic E-state index is 12.0. The monoisotopic (exact) mass is 250 g/mol. The number of hydrogen-bond acceptors (Lipinski definition) is 3. The van der Waals surface area contributed by atoms with Gasteiger partial charge in [-0.2, -0.15) is 0 Å². The Balaban J connectivity index is 2.75. The number of amides is 1. The molecule has 1 atom stereocenters. The number of nitrogens with two attached hydrogens (primary N) is 1. The third-order valence-electron chi connectivity index (χ3n) is 2.98. The molecule has 0 spiro atoms. The first-order chi connectivity index (χ1) is 8.47. The smallest absolute Gasteiger partial charge is 0.239 e. The summed E-state index contributed by atoms with van der Waals surface area (Å²) in [6.45, 7) is 4.39. The van der Waals surface area contributed by atoms with Crippen molar-refractivity contribution in [1.29, 1.82) is 0 Å². The van der Waals surface area contributed by atoms with Gasteiger partial charge in [0.15, 0.2) is 0 Å². The summed E-state index contributed by atoms with van der Waals surface area (Å²) in [6, 6.07) is 7.21. The lowest BCUT2D eigenvalue weighted by Gasteiger charge is -2.24. The second kappa shape index (κ2) is 6.40. The van der Waals surface area contributed by atoms with Crippen molar-refractivity contribution >= 4 is 5.91 Å². The van der Waals surface area contributed by atoms with Crippen LogP contribution >= 0.6 is 0 Å². The molecule has 0 aliphatic rings. The Morgan fingerprint density at radius 1 is 1.39 bits per heavy atom. The number of ether oxygens (including phenoxy) is 1. The van der Waals surface area contributed by atoms with Crippen LogP contribution in [0.15, 0.2) is 24.3 Å². The van der Waals surface area contributed by atoms with E-state index in [1.54, 1.807) is 19.1 Å². The van der Waals surface area contributed by atoms with E-state index >= 15 is 0 Å². The van der Waals surface area contributed by atoms with E-state index in [0.717, 1.165) is 11.3 Å². The fourth-order valence-corrected chi connectivity index (χ4v) is 1.71. The van der Waals surface area contributed by atoms with Gasteiger partial charge >= 0.3 is 0 Å². The second-order valence-electron chi connectivity index (χ2n) is 4.78. The molecule has 4 heteroatoms. The molecule has 1 aromatic rings. The first-order valence-electron chi connectivity index (χ1n) is 6.09. The minimum absolute atomic E-state index is 0.0455. The van der Waals surface area contributed by atoms with Crippen LogP contribution in [0.3, 0.4) is 0 Å². The molecule has 0 aliphatic heterocycles. The van der Waals surface area contributed by atoms with E-state index in [4.69, 9.17) is 10.5 Å². The SMILES string of the molecule is COc1ccccc1CN(C)C(=O)[C@@H](N)C(C)C. The van der Waals surface area contributed by atoms with Crippen molar-refractivity contribution in [3.05, 3.63) is 29.8 Å². The van der Waals surface area contributed by atoms with Gasteiger partial charge in [0.25, 0.3) is 0 Å². The van der Waals surface area contributed by atoms with Crippen molar-refractivity contribution in [1.82, 2.24) is 4.90 Å². The molecule has 0 aliphatic carbocycles. The third-order valence-corrected chi connectivity index (χ3v) is 2.98. The van der Waals surface area contributed by atoms with E-state index < -0.39 is 6.04 Å². The van der Waals surface area contributed by atoms with Crippen molar-refractivity contribution in [2.45, 2.75) is 26.4 Å². The highest BCUT2D eigenvalue weighted by atomic mass is 16.5. The summed E-state index contributed by atoms with van der Waals surface area (Å²) in [5.74, 6) is 0.879. The van der Waals surface area contributed by atoms with Crippen LogP contribution in [0, 0.1) is 5.92 Å². The highest BCUT2D eigenvalue weighted by Gasteiger charge is 2.21. The Bertz CT molecular complexity index is 405. The Morgan fingerprint density at radius 3 is 2.56 bits per heavy atom. The summed E-state index contributed by atoms with van der Waals surface area (Å²) in [7, 11) is 3.39. The summed E-state index contributed by atoms with van der Waals surface area (Å²) < 4.78 is 5.26. The summed E-state index contributed by atoms with van der Waals surface area (Å²) in [6.07, 6.45) is 0. The molecule has 1 amide bonds. The van der Waals surface area contributed by atoms with Gasteiger partial charge in [-0.1, -0.05) is 32.0 Å². The number of nitrogens with zero attached hydrogens (tertiary/aromatic N) is 1. The lowest BCUT2D eigenvalue weighted by atomic mass is 10.0. The average molecular weight is 250 g/mol. The molecule has 2 N–H and O–H groups in total. The summed E-state index contributed by atoms with van der Waals surface area (Å²) in [5.41, 5.74) is 6.84. The predicted octanol–water partition coefficient (Wildman–Crippen LogP) is 1.64. The van der Waals surface area contributed by atoms with Crippen LogP contribution in [0.2, 0.25) is 0 Å². The summed E-state index contributed by atoms with van der Waals surface area (Å²) in [4.78, 5) is 13.7. The maximum absolute atomic E-state index is 12.0. The first kappa shape index (κ1) is 14.5. The van der Waals surface area contributed by atoms with Crippen LogP contribution < -0.4 is 10.5 Å². The van der Waals surface area contributed by atoms with Gasteiger partial charge < -0.3 is 15.4 Å². The van der Waals surface area contributed by atoms with E-state index in [0.29, 0.717) is 6.54 Å². The van der Waals surface area contributed by atoms with Gasteiger partial charge in [-0.3, -0.25) is 4.79 Å². The molecule has 4 nitrogen and oxygen atoms in total. The van der Waals surface area contributed by atoms with E-state index in [-0.39, 0.29) is 11.8 Å². The summed E-state index contributed by atoms with van der Waals surface area (Å²) >= 11 is 0. The number of carbonyl (C=O) groups is 1. The number of hydrogen-bond donors (Lipinski definition) is 1. The normalized spacial score (nSPS) is 12.3. The van der Waals surface area contributed by atoms with Gasteiger partial charge in [-0.25, -0.2) is 0 Å². The zero-order valence-corrected chi connectivity index (χ0v) is 11.5. The minimum atomic E-state index is -0.454. The standard InChI is InChI=1S/C14H22N2O2/c1-10(2)13(15)14(17)16(3)9-11-7-5-6-8-12(11)18-4/h5-8,10,13H,9,15H2,1-4H3/t13-/m0/s1. The Labute approximate surface area is 109 Å². The van der Waals surface area contributed by atoms with Crippen molar-refractivity contribution in [3.63, 3.8) is 0 Å². The van der Waals surface area contributed by atoms with E-state index in [2.05, 4.69) is 0 Å². The van der Waals surface area contributed by atoms with Gasteiger partial charge in [0.1, 0.15) is 5.75 Å². The molecule has 1 rings (SSSR count). The average Bonchev–Trinajstić information content (AvgIpc) is 2.37. The molecule has 0 unspecified atom stereocenters. The quantitative estimate of drug-likeness (QED) is 0.864. The van der Waals surface area contributed by atoms with Crippen LogP contribution in [-0.4, -0.2) is 31.0 Å². The van der Waals surface area contributed by atoms with Crippen molar-refractivity contribution in [2.24, 2.45) is 11.7 Å². The molecule has 18 heavy (non-hydrogen) atoms. The molecule has 1 aromatic carbocycles. The molecular formula is C14H22N2O2. The van der Waals surface area contributed by atoms with Gasteiger partial charge in [-0.15, -0.1) is 0 Å². The lowest BCUT2D eigenvalue weighted by Crippen LogP contribution is -2.44. The number of rotatable bonds is 5. The minimum Gasteiger partial charge on any atom is -0.496 e. The second-order valence-corrected chi connectivity index (χ2v) is 4.78. The predicted molar refractivity (Wildman–Crippen MR) is 72.3 cm³/mol. The van der Waals surface area contributed by atoms with Crippen LogP contribution in [0.1, 0.15) is 19.4 Å². The van der Waals surface area contributed by atoms with Crippen molar-refractivity contribution < 1.29 is 9.53 Å². The van der Waals surface area contributed by atoms with Gasteiger partial charge in [0.2, 0.25) is 5.91 Å². The fraction of sp³-hybridized carbons (Fsp3) is 0.500. The summed E-state index contributed by atoms with van der Waals surface area (Å²) in [5, 5.41) is 0. The van der Waals surface area contributed by atoms with Crippen LogP contribution in [0.5, 0.6) is 5.75 Å². The lowest BCUT2D eigenvalue weighted by molar-refractivity contribution is -0.132. The van der Waals surface area contributed by atoms with Crippen molar-refractivity contribution in [3.8, 4) is 5.75 Å². The van der Waals surface area contributed by atoms with Crippen LogP contribution in [0.25, 0.3) is 0 Å². The Hall–Kier alpha value is -1.55. The number of likely N-dealkylation sites (N-methyl/N-ethyl adjacent to an activating group) is 1.